The second-order valence-electron chi connectivity index (χ2n) is 6.40. The van der Waals surface area contributed by atoms with Crippen molar-refractivity contribution < 1.29 is 4.42 Å². The molecule has 0 saturated carbocycles. The van der Waals surface area contributed by atoms with Gasteiger partial charge in [0.15, 0.2) is 0 Å². The van der Waals surface area contributed by atoms with E-state index in [4.69, 9.17) is 4.42 Å². The Balaban J connectivity index is 1.68. The van der Waals surface area contributed by atoms with Crippen LogP contribution in [0.2, 0.25) is 0 Å². The average molecular weight is 325 g/mol. The van der Waals surface area contributed by atoms with Crippen molar-refractivity contribution in [3.8, 4) is 6.07 Å². The Morgan fingerprint density at radius 3 is 2.42 bits per heavy atom. The molecule has 126 valence electrons. The van der Waals surface area contributed by atoms with Crippen molar-refractivity contribution in [2.75, 3.05) is 31.1 Å². The lowest BCUT2D eigenvalue weighted by molar-refractivity contribution is 0.224. The standard InChI is InChI=1S/C18H23N5O/c1-12-9-13(2)20-18(16(12)10-19)23-7-5-22(6-8-23)11-17-21-14(3)15(4)24-17/h9H,5-8,11H2,1-4H3. The number of oxazole rings is 1. The normalized spacial score (nSPS) is 15.5. The zero-order chi connectivity index (χ0) is 17.3. The molecule has 0 spiro atoms. The van der Waals surface area contributed by atoms with Crippen LogP contribution in [0.3, 0.4) is 0 Å². The first-order valence-corrected chi connectivity index (χ1v) is 8.26. The summed E-state index contributed by atoms with van der Waals surface area (Å²) in [6, 6.07) is 4.27. The van der Waals surface area contributed by atoms with Crippen LogP contribution in [0.15, 0.2) is 10.5 Å². The van der Waals surface area contributed by atoms with E-state index in [1.165, 1.54) is 0 Å². The Hall–Kier alpha value is -2.39. The molecule has 0 aromatic carbocycles. The van der Waals surface area contributed by atoms with E-state index < -0.39 is 0 Å². The van der Waals surface area contributed by atoms with Gasteiger partial charge in [-0.1, -0.05) is 0 Å². The molecule has 1 saturated heterocycles. The second-order valence-corrected chi connectivity index (χ2v) is 6.40. The number of nitriles is 1. The Morgan fingerprint density at radius 2 is 1.83 bits per heavy atom. The summed E-state index contributed by atoms with van der Waals surface area (Å²) in [5.74, 6) is 2.49. The molecule has 0 unspecified atom stereocenters. The zero-order valence-electron chi connectivity index (χ0n) is 14.8. The van der Waals surface area contributed by atoms with Gasteiger partial charge >= 0.3 is 0 Å². The minimum absolute atomic E-state index is 0.688. The van der Waals surface area contributed by atoms with Crippen LogP contribution in [0.4, 0.5) is 5.82 Å². The molecule has 0 N–H and O–H groups in total. The number of aromatic nitrogens is 2. The summed E-state index contributed by atoms with van der Waals surface area (Å²) < 4.78 is 5.67. The Bertz CT molecular complexity index is 762. The molecule has 1 aliphatic rings. The van der Waals surface area contributed by atoms with Gasteiger partial charge in [0.25, 0.3) is 0 Å². The second kappa shape index (κ2) is 6.62. The molecule has 3 rings (SSSR count). The fourth-order valence-electron chi connectivity index (χ4n) is 3.10. The highest BCUT2D eigenvalue weighted by Gasteiger charge is 2.22. The zero-order valence-corrected chi connectivity index (χ0v) is 14.8. The first kappa shape index (κ1) is 16.5. The van der Waals surface area contributed by atoms with Gasteiger partial charge in [-0.25, -0.2) is 9.97 Å². The Labute approximate surface area is 142 Å². The van der Waals surface area contributed by atoms with E-state index in [1.807, 2.05) is 33.8 Å². The van der Waals surface area contributed by atoms with Crippen LogP contribution in [0.5, 0.6) is 0 Å². The molecule has 1 aliphatic heterocycles. The maximum atomic E-state index is 9.45. The van der Waals surface area contributed by atoms with Crippen LogP contribution in [0, 0.1) is 39.0 Å². The summed E-state index contributed by atoms with van der Waals surface area (Å²) in [5, 5.41) is 9.45. The number of piperazine rings is 1. The number of anilines is 1. The third-order valence-corrected chi connectivity index (χ3v) is 4.54. The molecule has 0 aliphatic carbocycles. The Kier molecular flexibility index (Phi) is 4.54. The fraction of sp³-hybridized carbons (Fsp3) is 0.500. The van der Waals surface area contributed by atoms with Gasteiger partial charge in [0.1, 0.15) is 17.6 Å². The first-order chi connectivity index (χ1) is 11.5. The molecule has 6 nitrogen and oxygen atoms in total. The van der Waals surface area contributed by atoms with E-state index in [0.29, 0.717) is 5.56 Å². The molecule has 6 heteroatoms. The lowest BCUT2D eigenvalue weighted by Gasteiger charge is -2.35. The van der Waals surface area contributed by atoms with Gasteiger partial charge in [0, 0.05) is 31.9 Å². The number of nitrogens with zero attached hydrogens (tertiary/aromatic N) is 5. The first-order valence-electron chi connectivity index (χ1n) is 8.26. The maximum absolute atomic E-state index is 9.45. The largest absolute Gasteiger partial charge is 0.444 e. The number of pyridine rings is 1. The third-order valence-electron chi connectivity index (χ3n) is 4.54. The smallest absolute Gasteiger partial charge is 0.208 e. The van der Waals surface area contributed by atoms with E-state index in [1.54, 1.807) is 0 Å². The van der Waals surface area contributed by atoms with Gasteiger partial charge in [-0.15, -0.1) is 0 Å². The minimum atomic E-state index is 0.688. The van der Waals surface area contributed by atoms with Crippen LogP contribution >= 0.6 is 0 Å². The lowest BCUT2D eigenvalue weighted by atomic mass is 10.1. The van der Waals surface area contributed by atoms with Crippen molar-refractivity contribution in [3.05, 3.63) is 40.2 Å². The Morgan fingerprint density at radius 1 is 1.12 bits per heavy atom. The number of aryl methyl sites for hydroxylation is 4. The van der Waals surface area contributed by atoms with Crippen molar-refractivity contribution >= 4 is 5.82 Å². The number of hydrogen-bond donors (Lipinski definition) is 0. The lowest BCUT2D eigenvalue weighted by Crippen LogP contribution is -2.46. The van der Waals surface area contributed by atoms with Crippen molar-refractivity contribution in [2.45, 2.75) is 34.2 Å². The molecule has 1 fully saturated rings. The molecule has 24 heavy (non-hydrogen) atoms. The van der Waals surface area contributed by atoms with Crippen molar-refractivity contribution in [1.29, 1.82) is 5.26 Å². The molecule has 0 atom stereocenters. The monoisotopic (exact) mass is 325 g/mol. The van der Waals surface area contributed by atoms with E-state index in [9.17, 15) is 5.26 Å². The minimum Gasteiger partial charge on any atom is -0.444 e. The van der Waals surface area contributed by atoms with Crippen molar-refractivity contribution in [1.82, 2.24) is 14.9 Å². The number of rotatable bonds is 3. The van der Waals surface area contributed by atoms with E-state index in [-0.39, 0.29) is 0 Å². The molecule has 0 bridgehead atoms. The summed E-state index contributed by atoms with van der Waals surface area (Å²) >= 11 is 0. The highest BCUT2D eigenvalue weighted by atomic mass is 16.4. The summed E-state index contributed by atoms with van der Waals surface area (Å²) in [6.07, 6.45) is 0. The van der Waals surface area contributed by atoms with E-state index >= 15 is 0 Å². The van der Waals surface area contributed by atoms with Gasteiger partial charge in [-0.3, -0.25) is 4.90 Å². The predicted octanol–water partition coefficient (Wildman–Crippen LogP) is 2.50. The van der Waals surface area contributed by atoms with Crippen molar-refractivity contribution in [3.63, 3.8) is 0 Å². The molecule has 2 aromatic heterocycles. The summed E-state index contributed by atoms with van der Waals surface area (Å²) in [4.78, 5) is 13.6. The summed E-state index contributed by atoms with van der Waals surface area (Å²) in [5.41, 5.74) is 3.59. The van der Waals surface area contributed by atoms with Gasteiger partial charge < -0.3 is 9.32 Å². The van der Waals surface area contributed by atoms with Gasteiger partial charge in [0.05, 0.1) is 17.8 Å². The van der Waals surface area contributed by atoms with Gasteiger partial charge in [0.2, 0.25) is 5.89 Å². The number of hydrogen-bond acceptors (Lipinski definition) is 6. The van der Waals surface area contributed by atoms with Crippen LogP contribution in [0.25, 0.3) is 0 Å². The highest BCUT2D eigenvalue weighted by Crippen LogP contribution is 2.23. The van der Waals surface area contributed by atoms with Gasteiger partial charge in [-0.2, -0.15) is 5.26 Å². The van der Waals surface area contributed by atoms with E-state index in [2.05, 4.69) is 25.8 Å². The molecule has 3 heterocycles. The maximum Gasteiger partial charge on any atom is 0.208 e. The fourth-order valence-corrected chi connectivity index (χ4v) is 3.10. The van der Waals surface area contributed by atoms with Crippen LogP contribution < -0.4 is 4.90 Å². The summed E-state index contributed by atoms with van der Waals surface area (Å²) in [6.45, 7) is 12.1. The summed E-state index contributed by atoms with van der Waals surface area (Å²) in [7, 11) is 0. The molecular formula is C18H23N5O. The predicted molar refractivity (Wildman–Crippen MR) is 91.9 cm³/mol. The average Bonchev–Trinajstić information content (AvgIpc) is 2.85. The SMILES string of the molecule is Cc1cc(C)c(C#N)c(N2CCN(Cc3nc(C)c(C)o3)CC2)n1. The van der Waals surface area contributed by atoms with Gasteiger partial charge in [-0.05, 0) is 39.3 Å². The van der Waals surface area contributed by atoms with Crippen LogP contribution in [0.1, 0.15) is 34.2 Å². The molecule has 0 radical (unpaired) electrons. The molecular weight excluding hydrogens is 302 g/mol. The van der Waals surface area contributed by atoms with Crippen LogP contribution in [-0.2, 0) is 6.54 Å². The van der Waals surface area contributed by atoms with E-state index in [0.717, 1.165) is 67.1 Å². The topological polar surface area (TPSA) is 69.2 Å². The molecule has 2 aromatic rings. The molecule has 0 amide bonds. The highest BCUT2D eigenvalue weighted by molar-refractivity contribution is 5.58. The quantitative estimate of drug-likeness (QED) is 0.863. The van der Waals surface area contributed by atoms with Crippen LogP contribution in [-0.4, -0.2) is 41.0 Å². The van der Waals surface area contributed by atoms with Crippen molar-refractivity contribution in [2.24, 2.45) is 0 Å². The third kappa shape index (κ3) is 3.26.